The van der Waals surface area contributed by atoms with Crippen LogP contribution in [0.5, 0.6) is 5.75 Å². The van der Waals surface area contributed by atoms with E-state index in [-0.39, 0.29) is 30.0 Å². The molecule has 0 bridgehead atoms. The van der Waals surface area contributed by atoms with Gasteiger partial charge in [-0.15, -0.1) is 0 Å². The summed E-state index contributed by atoms with van der Waals surface area (Å²) in [7, 11) is 0. The summed E-state index contributed by atoms with van der Waals surface area (Å²) < 4.78 is 18.4. The number of carbonyl (C=O) groups excluding carboxylic acids is 2. The van der Waals surface area contributed by atoms with Gasteiger partial charge >= 0.3 is 0 Å². The molecule has 5 nitrogen and oxygen atoms in total. The van der Waals surface area contributed by atoms with Crippen LogP contribution in [0.25, 0.3) is 0 Å². The number of nitrogens with one attached hydrogen (secondary N) is 2. The van der Waals surface area contributed by atoms with E-state index in [0.29, 0.717) is 17.0 Å². The first-order valence-corrected chi connectivity index (χ1v) is 9.60. The molecule has 0 aromatic heterocycles. The summed E-state index contributed by atoms with van der Waals surface area (Å²) in [6, 6.07) is 18.4. The van der Waals surface area contributed by atoms with Gasteiger partial charge in [0.1, 0.15) is 11.6 Å². The largest absolute Gasteiger partial charge is 0.484 e. The van der Waals surface area contributed by atoms with E-state index in [4.69, 9.17) is 16.3 Å². The number of rotatable bonds is 7. The summed E-state index contributed by atoms with van der Waals surface area (Å²) in [5.74, 6) is -0.799. The van der Waals surface area contributed by atoms with E-state index in [0.717, 1.165) is 11.1 Å². The Balaban J connectivity index is 1.50. The molecule has 3 rings (SSSR count). The third-order valence-corrected chi connectivity index (χ3v) is 4.54. The van der Waals surface area contributed by atoms with Crippen molar-refractivity contribution in [2.75, 3.05) is 11.9 Å². The van der Waals surface area contributed by atoms with Gasteiger partial charge in [-0.05, 0) is 48.9 Å². The molecule has 7 heteroatoms. The maximum atomic E-state index is 13.1. The maximum absolute atomic E-state index is 13.1. The maximum Gasteiger partial charge on any atom is 0.258 e. The number of carbonyl (C=O) groups is 2. The van der Waals surface area contributed by atoms with Crippen LogP contribution in [0.3, 0.4) is 0 Å². The number of anilines is 1. The fourth-order valence-corrected chi connectivity index (χ4v) is 2.80. The average molecular weight is 427 g/mol. The Morgan fingerprint density at radius 3 is 2.53 bits per heavy atom. The lowest BCUT2D eigenvalue weighted by molar-refractivity contribution is -0.123. The molecule has 3 aromatic rings. The molecule has 30 heavy (non-hydrogen) atoms. The lowest BCUT2D eigenvalue weighted by Crippen LogP contribution is -2.28. The second-order valence-corrected chi connectivity index (χ2v) is 7.07. The Kier molecular flexibility index (Phi) is 7.03. The highest BCUT2D eigenvalue weighted by molar-refractivity contribution is 6.30. The minimum atomic E-state index is -0.553. The van der Waals surface area contributed by atoms with Gasteiger partial charge in [-0.3, -0.25) is 9.59 Å². The molecule has 2 N–H and O–H groups in total. The SMILES string of the molecule is Cc1ccc(C(=O)Nc2cccc(CNC(=O)COc3ccc(F)c(Cl)c3)c2)cc1. The number of benzene rings is 3. The first-order chi connectivity index (χ1) is 14.4. The Labute approximate surface area is 178 Å². The van der Waals surface area contributed by atoms with Gasteiger partial charge in [0.15, 0.2) is 6.61 Å². The molecule has 0 aliphatic rings. The number of amides is 2. The first-order valence-electron chi connectivity index (χ1n) is 9.22. The molecule has 154 valence electrons. The van der Waals surface area contributed by atoms with Crippen molar-refractivity contribution in [2.45, 2.75) is 13.5 Å². The van der Waals surface area contributed by atoms with Crippen LogP contribution in [0.4, 0.5) is 10.1 Å². The number of hydrogen-bond acceptors (Lipinski definition) is 3. The number of ether oxygens (including phenoxy) is 1. The molecule has 0 saturated carbocycles. The van der Waals surface area contributed by atoms with Crippen molar-refractivity contribution in [2.24, 2.45) is 0 Å². The molecule has 0 radical (unpaired) electrons. The Bertz CT molecular complexity index is 1050. The zero-order valence-corrected chi connectivity index (χ0v) is 17.0. The second kappa shape index (κ2) is 9.89. The zero-order chi connectivity index (χ0) is 21.5. The van der Waals surface area contributed by atoms with E-state index in [2.05, 4.69) is 10.6 Å². The predicted octanol–water partition coefficient (Wildman–Crippen LogP) is 4.74. The number of hydrogen-bond donors (Lipinski definition) is 2. The van der Waals surface area contributed by atoms with E-state index in [1.807, 2.05) is 25.1 Å². The van der Waals surface area contributed by atoms with Gasteiger partial charge in [0.2, 0.25) is 0 Å². The van der Waals surface area contributed by atoms with Gasteiger partial charge in [0.25, 0.3) is 11.8 Å². The van der Waals surface area contributed by atoms with Crippen LogP contribution in [-0.2, 0) is 11.3 Å². The van der Waals surface area contributed by atoms with Crippen LogP contribution in [0, 0.1) is 12.7 Å². The van der Waals surface area contributed by atoms with Gasteiger partial charge in [-0.1, -0.05) is 41.4 Å². The summed E-state index contributed by atoms with van der Waals surface area (Å²) in [5.41, 5.74) is 3.09. The first kappa shape index (κ1) is 21.3. The summed E-state index contributed by atoms with van der Waals surface area (Å²) in [4.78, 5) is 24.3. The van der Waals surface area contributed by atoms with E-state index < -0.39 is 5.82 Å². The van der Waals surface area contributed by atoms with Crippen LogP contribution in [-0.4, -0.2) is 18.4 Å². The zero-order valence-electron chi connectivity index (χ0n) is 16.2. The summed E-state index contributed by atoms with van der Waals surface area (Å²) in [6.45, 7) is 1.99. The van der Waals surface area contributed by atoms with Gasteiger partial charge in [-0.25, -0.2) is 4.39 Å². The van der Waals surface area contributed by atoms with Crippen LogP contribution in [0.1, 0.15) is 21.5 Å². The molecule has 0 spiro atoms. The molecule has 0 aliphatic heterocycles. The summed E-state index contributed by atoms with van der Waals surface area (Å²) in [5, 5.41) is 5.50. The molecule has 0 saturated heterocycles. The standard InChI is InChI=1S/C23H20ClFN2O3/c1-15-5-7-17(8-6-15)23(29)27-18-4-2-3-16(11-18)13-26-22(28)14-30-19-9-10-21(25)20(24)12-19/h2-12H,13-14H2,1H3,(H,26,28)(H,27,29). The van der Waals surface area contributed by atoms with Crippen molar-refractivity contribution >= 4 is 29.1 Å². The minimum Gasteiger partial charge on any atom is -0.484 e. The fourth-order valence-electron chi connectivity index (χ4n) is 2.63. The van der Waals surface area contributed by atoms with Crippen LogP contribution in [0.2, 0.25) is 5.02 Å². The fraction of sp³-hybridized carbons (Fsp3) is 0.130. The Hall–Kier alpha value is -3.38. The smallest absolute Gasteiger partial charge is 0.258 e. The average Bonchev–Trinajstić information content (AvgIpc) is 2.74. The summed E-state index contributed by atoms with van der Waals surface area (Å²) in [6.07, 6.45) is 0. The molecule has 0 aliphatic carbocycles. The Morgan fingerprint density at radius 2 is 1.80 bits per heavy atom. The van der Waals surface area contributed by atoms with Crippen LogP contribution >= 0.6 is 11.6 Å². The van der Waals surface area contributed by atoms with Gasteiger partial charge in [0.05, 0.1) is 5.02 Å². The number of halogens is 2. The quantitative estimate of drug-likeness (QED) is 0.573. The molecule has 2 amide bonds. The van der Waals surface area contributed by atoms with Crippen molar-refractivity contribution in [3.8, 4) is 5.75 Å². The molecule has 0 unspecified atom stereocenters. The Morgan fingerprint density at radius 1 is 1.03 bits per heavy atom. The highest BCUT2D eigenvalue weighted by atomic mass is 35.5. The van der Waals surface area contributed by atoms with E-state index in [1.54, 1.807) is 30.3 Å². The minimum absolute atomic E-state index is 0.0718. The normalized spacial score (nSPS) is 10.4. The van der Waals surface area contributed by atoms with Gasteiger partial charge in [-0.2, -0.15) is 0 Å². The molecule has 0 fully saturated rings. The lowest BCUT2D eigenvalue weighted by atomic mass is 10.1. The van der Waals surface area contributed by atoms with E-state index in [1.165, 1.54) is 18.2 Å². The van der Waals surface area contributed by atoms with Gasteiger partial charge < -0.3 is 15.4 Å². The molecule has 3 aromatic carbocycles. The van der Waals surface area contributed by atoms with Crippen LogP contribution in [0.15, 0.2) is 66.7 Å². The highest BCUT2D eigenvalue weighted by Gasteiger charge is 2.08. The molecular formula is C23H20ClFN2O3. The van der Waals surface area contributed by atoms with Crippen molar-refractivity contribution in [3.63, 3.8) is 0 Å². The van der Waals surface area contributed by atoms with Crippen molar-refractivity contribution in [1.82, 2.24) is 5.32 Å². The highest BCUT2D eigenvalue weighted by Crippen LogP contribution is 2.21. The number of aryl methyl sites for hydroxylation is 1. The van der Waals surface area contributed by atoms with E-state index >= 15 is 0 Å². The monoisotopic (exact) mass is 426 g/mol. The summed E-state index contributed by atoms with van der Waals surface area (Å²) >= 11 is 5.68. The van der Waals surface area contributed by atoms with Crippen molar-refractivity contribution in [3.05, 3.63) is 94.3 Å². The molecule has 0 atom stereocenters. The van der Waals surface area contributed by atoms with Gasteiger partial charge in [0, 0.05) is 23.9 Å². The van der Waals surface area contributed by atoms with Crippen molar-refractivity contribution < 1.29 is 18.7 Å². The molecular weight excluding hydrogens is 407 g/mol. The third kappa shape index (κ3) is 6.06. The van der Waals surface area contributed by atoms with Crippen molar-refractivity contribution in [1.29, 1.82) is 0 Å². The lowest BCUT2D eigenvalue weighted by Gasteiger charge is -2.10. The molecule has 0 heterocycles. The van der Waals surface area contributed by atoms with Crippen LogP contribution < -0.4 is 15.4 Å². The predicted molar refractivity (Wildman–Crippen MR) is 114 cm³/mol. The topological polar surface area (TPSA) is 67.4 Å². The van der Waals surface area contributed by atoms with E-state index in [9.17, 15) is 14.0 Å². The third-order valence-electron chi connectivity index (χ3n) is 4.25. The second-order valence-electron chi connectivity index (χ2n) is 6.66.